The summed E-state index contributed by atoms with van der Waals surface area (Å²) in [5.74, 6) is -0.189. The molecule has 0 atom stereocenters. The van der Waals surface area contributed by atoms with Gasteiger partial charge in [-0.15, -0.1) is 6.58 Å². The van der Waals surface area contributed by atoms with Gasteiger partial charge in [-0.25, -0.2) is 4.79 Å². The van der Waals surface area contributed by atoms with Crippen LogP contribution in [0.15, 0.2) is 41.7 Å². The third-order valence-corrected chi connectivity index (χ3v) is 3.12. The van der Waals surface area contributed by atoms with E-state index in [0.717, 1.165) is 17.5 Å². The number of aryl methyl sites for hydroxylation is 1. The second kappa shape index (κ2) is 6.23. The van der Waals surface area contributed by atoms with Gasteiger partial charge in [-0.3, -0.25) is 13.9 Å². The molecule has 2 rings (SSSR count). The van der Waals surface area contributed by atoms with E-state index < -0.39 is 0 Å². The number of nitrogens with one attached hydrogen (secondary N) is 1. The van der Waals surface area contributed by atoms with Crippen molar-refractivity contribution in [2.45, 2.75) is 26.4 Å². The van der Waals surface area contributed by atoms with E-state index in [-0.39, 0.29) is 18.1 Å². The van der Waals surface area contributed by atoms with Crippen LogP contribution in [0.1, 0.15) is 13.3 Å². The molecule has 1 aromatic carbocycles. The van der Waals surface area contributed by atoms with Gasteiger partial charge in [0, 0.05) is 13.1 Å². The fraction of sp³-hybridized carbons (Fsp3) is 0.333. The number of fused-ring (bicyclic) bond motifs is 1. The molecule has 0 bridgehead atoms. The molecule has 0 aliphatic heterocycles. The normalized spacial score (nSPS) is 10.7. The van der Waals surface area contributed by atoms with Crippen molar-refractivity contribution in [1.82, 2.24) is 14.5 Å². The molecule has 0 radical (unpaired) electrons. The number of imidazole rings is 1. The summed E-state index contributed by atoms with van der Waals surface area (Å²) in [6, 6.07) is 7.54. The maximum absolute atomic E-state index is 12.4. The lowest BCUT2D eigenvalue weighted by Crippen LogP contribution is -2.33. The predicted octanol–water partition coefficient (Wildman–Crippen LogP) is 1.52. The fourth-order valence-corrected chi connectivity index (χ4v) is 2.25. The van der Waals surface area contributed by atoms with E-state index in [9.17, 15) is 9.59 Å². The van der Waals surface area contributed by atoms with Gasteiger partial charge in [-0.2, -0.15) is 0 Å². The Labute approximate surface area is 117 Å². The van der Waals surface area contributed by atoms with Crippen molar-refractivity contribution in [2.75, 3.05) is 6.54 Å². The highest BCUT2D eigenvalue weighted by Gasteiger charge is 2.14. The van der Waals surface area contributed by atoms with Crippen LogP contribution in [0.2, 0.25) is 0 Å². The first kappa shape index (κ1) is 14.1. The molecule has 1 heterocycles. The third kappa shape index (κ3) is 2.66. The molecule has 5 nitrogen and oxygen atoms in total. The number of nitrogens with zero attached hydrogens (tertiary/aromatic N) is 2. The number of amides is 1. The molecule has 0 unspecified atom stereocenters. The lowest BCUT2D eigenvalue weighted by atomic mass is 10.3. The number of rotatable bonds is 6. The molecule has 0 aliphatic rings. The largest absolute Gasteiger partial charge is 0.351 e. The monoisotopic (exact) mass is 273 g/mol. The summed E-state index contributed by atoms with van der Waals surface area (Å²) >= 11 is 0. The zero-order valence-corrected chi connectivity index (χ0v) is 11.6. The van der Waals surface area contributed by atoms with E-state index in [4.69, 9.17) is 0 Å². The standard InChI is InChI=1S/C15H19N3O2/c1-3-9-16-14(19)11-18-13-8-6-5-7-12(13)17(10-4-2)15(18)20/h3,5-8H,1,4,9-11H2,2H3,(H,16,19). The van der Waals surface area contributed by atoms with Crippen molar-refractivity contribution in [3.63, 3.8) is 0 Å². The third-order valence-electron chi connectivity index (χ3n) is 3.12. The second-order valence-electron chi connectivity index (χ2n) is 4.60. The zero-order chi connectivity index (χ0) is 14.5. The van der Waals surface area contributed by atoms with Crippen molar-refractivity contribution in [2.24, 2.45) is 0 Å². The van der Waals surface area contributed by atoms with E-state index in [1.807, 2.05) is 31.2 Å². The van der Waals surface area contributed by atoms with Crippen molar-refractivity contribution < 1.29 is 4.79 Å². The van der Waals surface area contributed by atoms with Crippen LogP contribution in [-0.4, -0.2) is 21.6 Å². The van der Waals surface area contributed by atoms with Crippen LogP contribution in [0.4, 0.5) is 0 Å². The lowest BCUT2D eigenvalue weighted by molar-refractivity contribution is -0.121. The molecule has 0 saturated heterocycles. The summed E-state index contributed by atoms with van der Waals surface area (Å²) in [5, 5.41) is 2.69. The number of hydrogen-bond acceptors (Lipinski definition) is 2. The van der Waals surface area contributed by atoms with Crippen molar-refractivity contribution in [3.8, 4) is 0 Å². The fourth-order valence-electron chi connectivity index (χ4n) is 2.25. The van der Waals surface area contributed by atoms with E-state index in [1.54, 1.807) is 10.6 Å². The number of carbonyl (C=O) groups is 1. The van der Waals surface area contributed by atoms with Gasteiger partial charge in [-0.1, -0.05) is 25.1 Å². The highest BCUT2D eigenvalue weighted by molar-refractivity contribution is 5.81. The number of carbonyl (C=O) groups excluding carboxylic acids is 1. The van der Waals surface area contributed by atoms with Gasteiger partial charge in [-0.05, 0) is 18.6 Å². The molecule has 5 heteroatoms. The van der Waals surface area contributed by atoms with E-state index >= 15 is 0 Å². The lowest BCUT2D eigenvalue weighted by Gasteiger charge is -2.03. The Morgan fingerprint density at radius 1 is 1.30 bits per heavy atom. The van der Waals surface area contributed by atoms with E-state index in [0.29, 0.717) is 13.1 Å². The van der Waals surface area contributed by atoms with E-state index in [1.165, 1.54) is 4.57 Å². The minimum absolute atomic E-state index is 0.0316. The Morgan fingerprint density at radius 3 is 2.55 bits per heavy atom. The molecule has 0 fully saturated rings. The maximum Gasteiger partial charge on any atom is 0.329 e. The average Bonchev–Trinajstić information content (AvgIpc) is 2.71. The van der Waals surface area contributed by atoms with Crippen molar-refractivity contribution in [1.29, 1.82) is 0 Å². The molecule has 0 saturated carbocycles. The topological polar surface area (TPSA) is 56.0 Å². The van der Waals surface area contributed by atoms with Gasteiger partial charge in [0.05, 0.1) is 11.0 Å². The van der Waals surface area contributed by atoms with Crippen LogP contribution in [0.5, 0.6) is 0 Å². The maximum atomic E-state index is 12.4. The molecule has 2 aromatic rings. The van der Waals surface area contributed by atoms with Gasteiger partial charge in [0.25, 0.3) is 0 Å². The number of para-hydroxylation sites is 2. The molecule has 0 aliphatic carbocycles. The van der Waals surface area contributed by atoms with Gasteiger partial charge in [0.15, 0.2) is 0 Å². The number of aromatic nitrogens is 2. The minimum Gasteiger partial charge on any atom is -0.351 e. The van der Waals surface area contributed by atoms with Gasteiger partial charge >= 0.3 is 5.69 Å². The minimum atomic E-state index is -0.189. The Morgan fingerprint density at radius 2 is 1.95 bits per heavy atom. The summed E-state index contributed by atoms with van der Waals surface area (Å²) in [5.41, 5.74) is 1.53. The quantitative estimate of drug-likeness (QED) is 0.811. The van der Waals surface area contributed by atoms with Crippen LogP contribution in [0.25, 0.3) is 11.0 Å². The SMILES string of the molecule is C=CCNC(=O)Cn1c(=O)n(CCC)c2ccccc21. The van der Waals surface area contributed by atoms with Crippen LogP contribution < -0.4 is 11.0 Å². The highest BCUT2D eigenvalue weighted by atomic mass is 16.2. The first-order chi connectivity index (χ1) is 9.69. The molecular formula is C15H19N3O2. The van der Waals surface area contributed by atoms with Crippen LogP contribution in [-0.2, 0) is 17.9 Å². The van der Waals surface area contributed by atoms with Gasteiger partial charge in [0.2, 0.25) is 5.91 Å². The molecule has 20 heavy (non-hydrogen) atoms. The summed E-state index contributed by atoms with van der Waals surface area (Å²) < 4.78 is 3.24. The van der Waals surface area contributed by atoms with Crippen LogP contribution in [0, 0.1) is 0 Å². The molecule has 1 amide bonds. The van der Waals surface area contributed by atoms with Gasteiger partial charge in [0.1, 0.15) is 6.54 Å². The average molecular weight is 273 g/mol. The van der Waals surface area contributed by atoms with Crippen LogP contribution in [0.3, 0.4) is 0 Å². The predicted molar refractivity (Wildman–Crippen MR) is 79.7 cm³/mol. The Balaban J connectivity index is 2.42. The summed E-state index contributed by atoms with van der Waals surface area (Å²) in [7, 11) is 0. The Kier molecular flexibility index (Phi) is 4.40. The Bertz CT molecular complexity index is 682. The molecular weight excluding hydrogens is 254 g/mol. The number of benzene rings is 1. The van der Waals surface area contributed by atoms with Crippen LogP contribution >= 0.6 is 0 Å². The Hall–Kier alpha value is -2.30. The summed E-state index contributed by atoms with van der Waals surface area (Å²) in [6.07, 6.45) is 2.48. The summed E-state index contributed by atoms with van der Waals surface area (Å²) in [4.78, 5) is 24.2. The van der Waals surface area contributed by atoms with Crippen molar-refractivity contribution in [3.05, 3.63) is 47.4 Å². The molecule has 1 N–H and O–H groups in total. The first-order valence-electron chi connectivity index (χ1n) is 6.74. The molecule has 106 valence electrons. The van der Waals surface area contributed by atoms with E-state index in [2.05, 4.69) is 11.9 Å². The highest BCUT2D eigenvalue weighted by Crippen LogP contribution is 2.12. The number of hydrogen-bond donors (Lipinski definition) is 1. The second-order valence-corrected chi connectivity index (χ2v) is 4.60. The van der Waals surface area contributed by atoms with Crippen molar-refractivity contribution >= 4 is 16.9 Å². The zero-order valence-electron chi connectivity index (χ0n) is 11.6. The molecule has 1 aromatic heterocycles. The first-order valence-corrected chi connectivity index (χ1v) is 6.74. The smallest absolute Gasteiger partial charge is 0.329 e. The molecule has 0 spiro atoms. The summed E-state index contributed by atoms with van der Waals surface area (Å²) in [6.45, 7) is 6.66. The van der Waals surface area contributed by atoms with Gasteiger partial charge < -0.3 is 5.32 Å².